The molecule has 0 aliphatic rings. The zero-order chi connectivity index (χ0) is 17.6. The molecule has 0 aliphatic heterocycles. The summed E-state index contributed by atoms with van der Waals surface area (Å²) in [4.78, 5) is 13.7. The molecule has 1 N–H and O–H groups in total. The maximum Gasteiger partial charge on any atom is 0.303 e. The second-order valence-electron chi connectivity index (χ2n) is 7.45. The minimum Gasteiger partial charge on any atom is -0.481 e. The van der Waals surface area contributed by atoms with E-state index in [0.29, 0.717) is 0 Å². The molecule has 0 radical (unpaired) electrons. The highest BCUT2D eigenvalue weighted by Crippen LogP contribution is 2.29. The van der Waals surface area contributed by atoms with E-state index in [1.807, 2.05) is 25.2 Å². The van der Waals surface area contributed by atoms with Crippen LogP contribution in [0, 0.1) is 12.3 Å². The van der Waals surface area contributed by atoms with Crippen LogP contribution >= 0.6 is 11.3 Å². The number of thiophene rings is 1. The lowest BCUT2D eigenvalue weighted by Crippen LogP contribution is -2.17. The second kappa shape index (κ2) is 8.48. The molecule has 0 spiro atoms. The van der Waals surface area contributed by atoms with E-state index in [4.69, 9.17) is 5.11 Å². The molecule has 2 aromatic rings. The quantitative estimate of drug-likeness (QED) is 0.637. The average molecular weight is 345 g/mol. The number of aliphatic carboxylic acids is 1. The van der Waals surface area contributed by atoms with Crippen LogP contribution in [-0.2, 0) is 24.1 Å². The summed E-state index contributed by atoms with van der Waals surface area (Å²) < 4.78 is 0. The number of carboxylic acids is 1. The molecule has 1 aromatic heterocycles. The Morgan fingerprint density at radius 3 is 2.46 bits per heavy atom. The fraction of sp³-hybridized carbons (Fsp3) is 0.476. The van der Waals surface area contributed by atoms with Crippen molar-refractivity contribution in [1.82, 2.24) is 0 Å². The van der Waals surface area contributed by atoms with Crippen molar-refractivity contribution < 1.29 is 9.90 Å². The highest BCUT2D eigenvalue weighted by Gasteiger charge is 2.21. The third kappa shape index (κ3) is 6.48. The molecule has 130 valence electrons. The molecule has 0 bridgehead atoms. The Bertz CT molecular complexity index is 670. The van der Waals surface area contributed by atoms with E-state index in [2.05, 4.69) is 43.3 Å². The molecule has 0 aliphatic carbocycles. The van der Waals surface area contributed by atoms with Gasteiger partial charge in [-0.15, -0.1) is 11.3 Å². The molecule has 0 unspecified atom stereocenters. The lowest BCUT2D eigenvalue weighted by atomic mass is 9.84. The van der Waals surface area contributed by atoms with Crippen LogP contribution in [-0.4, -0.2) is 11.1 Å². The van der Waals surface area contributed by atoms with E-state index in [1.165, 1.54) is 27.3 Å². The maximum atomic E-state index is 10.9. The summed E-state index contributed by atoms with van der Waals surface area (Å²) in [6.45, 7) is 6.22. The molecule has 2 rings (SSSR count). The predicted octanol–water partition coefficient (Wildman–Crippen LogP) is 5.67. The van der Waals surface area contributed by atoms with Crippen molar-refractivity contribution in [2.75, 3.05) is 0 Å². The molecule has 0 saturated heterocycles. The van der Waals surface area contributed by atoms with Gasteiger partial charge >= 0.3 is 5.97 Å². The Balaban J connectivity index is 1.77. The summed E-state index contributed by atoms with van der Waals surface area (Å²) in [5, 5.41) is 8.96. The van der Waals surface area contributed by atoms with Gasteiger partial charge in [0.15, 0.2) is 0 Å². The van der Waals surface area contributed by atoms with E-state index >= 15 is 0 Å². The van der Waals surface area contributed by atoms with Crippen LogP contribution < -0.4 is 0 Å². The van der Waals surface area contributed by atoms with E-state index in [-0.39, 0.29) is 11.8 Å². The summed E-state index contributed by atoms with van der Waals surface area (Å²) in [6, 6.07) is 13.2. The predicted molar refractivity (Wildman–Crippen MR) is 102 cm³/mol. The van der Waals surface area contributed by atoms with Crippen molar-refractivity contribution in [2.45, 2.75) is 59.3 Å². The standard InChI is InChI=1S/C21H28O2S/c1-16-6-4-7-17(14-16)8-5-9-18-10-11-19(24-18)12-13-21(2,3)15-20(22)23/h4,6-7,10-11,14H,5,8-9,12-13,15H2,1-3H3,(H,22,23). The van der Waals surface area contributed by atoms with Crippen molar-refractivity contribution in [3.63, 3.8) is 0 Å². The summed E-state index contributed by atoms with van der Waals surface area (Å²) in [7, 11) is 0. The highest BCUT2D eigenvalue weighted by molar-refractivity contribution is 7.11. The Morgan fingerprint density at radius 1 is 1.08 bits per heavy atom. The third-order valence-corrected chi connectivity index (χ3v) is 5.57. The molecule has 1 aromatic carbocycles. The van der Waals surface area contributed by atoms with Crippen LogP contribution in [0.2, 0.25) is 0 Å². The number of hydrogen-bond acceptors (Lipinski definition) is 2. The zero-order valence-electron chi connectivity index (χ0n) is 15.0. The van der Waals surface area contributed by atoms with Gasteiger partial charge in [0, 0.05) is 9.75 Å². The number of aryl methyl sites for hydroxylation is 4. The third-order valence-electron chi connectivity index (χ3n) is 4.37. The molecule has 0 fully saturated rings. The van der Waals surface area contributed by atoms with Crippen LogP contribution in [0.5, 0.6) is 0 Å². The van der Waals surface area contributed by atoms with Gasteiger partial charge in [0.1, 0.15) is 0 Å². The van der Waals surface area contributed by atoms with Crippen molar-refractivity contribution in [3.8, 4) is 0 Å². The molecule has 3 heteroatoms. The Hall–Kier alpha value is -1.61. The molecule has 1 heterocycles. The van der Waals surface area contributed by atoms with Crippen LogP contribution in [0.15, 0.2) is 36.4 Å². The van der Waals surface area contributed by atoms with Crippen molar-refractivity contribution in [1.29, 1.82) is 0 Å². The first-order valence-corrected chi connectivity index (χ1v) is 9.51. The van der Waals surface area contributed by atoms with E-state index in [0.717, 1.165) is 25.7 Å². The number of carbonyl (C=O) groups is 1. The Kier molecular flexibility index (Phi) is 6.61. The number of carboxylic acid groups (broad SMARTS) is 1. The summed E-state index contributed by atoms with van der Waals surface area (Å²) in [5.41, 5.74) is 2.61. The zero-order valence-corrected chi connectivity index (χ0v) is 15.8. The molecular weight excluding hydrogens is 316 g/mol. The topological polar surface area (TPSA) is 37.3 Å². The largest absolute Gasteiger partial charge is 0.481 e. The second-order valence-corrected chi connectivity index (χ2v) is 8.70. The fourth-order valence-corrected chi connectivity index (χ4v) is 4.04. The van der Waals surface area contributed by atoms with Gasteiger partial charge in [-0.2, -0.15) is 0 Å². The molecule has 0 amide bonds. The van der Waals surface area contributed by atoms with Crippen LogP contribution in [0.25, 0.3) is 0 Å². The van der Waals surface area contributed by atoms with Crippen LogP contribution in [0.3, 0.4) is 0 Å². The van der Waals surface area contributed by atoms with E-state index in [1.54, 1.807) is 0 Å². The first kappa shape index (κ1) is 18.7. The normalized spacial score (nSPS) is 11.6. The van der Waals surface area contributed by atoms with E-state index < -0.39 is 5.97 Å². The average Bonchev–Trinajstić information content (AvgIpc) is 2.92. The van der Waals surface area contributed by atoms with Gasteiger partial charge in [-0.05, 0) is 62.1 Å². The van der Waals surface area contributed by atoms with E-state index in [9.17, 15) is 4.79 Å². The van der Waals surface area contributed by atoms with Gasteiger partial charge in [0.05, 0.1) is 6.42 Å². The van der Waals surface area contributed by atoms with Crippen molar-refractivity contribution >= 4 is 17.3 Å². The molecular formula is C21H28O2S. The summed E-state index contributed by atoms with van der Waals surface area (Å²) in [6.07, 6.45) is 5.55. The van der Waals surface area contributed by atoms with Crippen molar-refractivity contribution in [3.05, 3.63) is 57.3 Å². The fourth-order valence-electron chi connectivity index (χ4n) is 2.98. The first-order chi connectivity index (χ1) is 11.3. The van der Waals surface area contributed by atoms with Crippen LogP contribution in [0.4, 0.5) is 0 Å². The van der Waals surface area contributed by atoms with Gasteiger partial charge in [-0.1, -0.05) is 43.7 Å². The maximum absolute atomic E-state index is 10.9. The summed E-state index contributed by atoms with van der Waals surface area (Å²) >= 11 is 1.88. The van der Waals surface area contributed by atoms with Gasteiger partial charge in [-0.25, -0.2) is 0 Å². The van der Waals surface area contributed by atoms with Crippen molar-refractivity contribution in [2.24, 2.45) is 5.41 Å². The lowest BCUT2D eigenvalue weighted by molar-refractivity contribution is -0.139. The van der Waals surface area contributed by atoms with Gasteiger partial charge < -0.3 is 5.11 Å². The molecule has 0 atom stereocenters. The van der Waals surface area contributed by atoms with Crippen LogP contribution in [0.1, 0.15) is 54.0 Å². The number of benzene rings is 1. The minimum atomic E-state index is -0.706. The molecule has 24 heavy (non-hydrogen) atoms. The lowest BCUT2D eigenvalue weighted by Gasteiger charge is -2.21. The molecule has 0 saturated carbocycles. The van der Waals surface area contributed by atoms with Gasteiger partial charge in [0.25, 0.3) is 0 Å². The SMILES string of the molecule is Cc1cccc(CCCc2ccc(CCC(C)(C)CC(=O)O)s2)c1. The molecule has 2 nitrogen and oxygen atoms in total. The monoisotopic (exact) mass is 344 g/mol. The minimum absolute atomic E-state index is 0.138. The van der Waals surface area contributed by atoms with Gasteiger partial charge in [0.2, 0.25) is 0 Å². The smallest absolute Gasteiger partial charge is 0.303 e. The number of rotatable bonds is 9. The highest BCUT2D eigenvalue weighted by atomic mass is 32.1. The first-order valence-electron chi connectivity index (χ1n) is 8.69. The number of hydrogen-bond donors (Lipinski definition) is 1. The summed E-state index contributed by atoms with van der Waals surface area (Å²) in [5.74, 6) is -0.706. The Morgan fingerprint density at radius 2 is 1.79 bits per heavy atom. The van der Waals surface area contributed by atoms with Gasteiger partial charge in [-0.3, -0.25) is 4.79 Å². The Labute approximate surface area is 149 Å².